The van der Waals surface area contributed by atoms with Gasteiger partial charge in [0.2, 0.25) is 0 Å². The summed E-state index contributed by atoms with van der Waals surface area (Å²) in [6.45, 7) is 9.63. The first-order valence-electron chi connectivity index (χ1n) is 10.9. The predicted molar refractivity (Wildman–Crippen MR) is 123 cm³/mol. The molecule has 1 saturated heterocycles. The van der Waals surface area contributed by atoms with Gasteiger partial charge in [0.25, 0.3) is 5.91 Å². The second-order valence-corrected chi connectivity index (χ2v) is 8.82. The van der Waals surface area contributed by atoms with Gasteiger partial charge in [-0.1, -0.05) is 12.1 Å². The van der Waals surface area contributed by atoms with E-state index in [2.05, 4.69) is 24.8 Å². The third kappa shape index (κ3) is 5.76. The van der Waals surface area contributed by atoms with Gasteiger partial charge in [0.05, 0.1) is 31.7 Å². The Morgan fingerprint density at radius 3 is 2.84 bits per heavy atom. The number of hydrogen-bond donors (Lipinski definition) is 0. The van der Waals surface area contributed by atoms with Crippen LogP contribution in [0.2, 0.25) is 0 Å². The van der Waals surface area contributed by atoms with Crippen molar-refractivity contribution >= 4 is 17.2 Å². The first-order valence-corrected chi connectivity index (χ1v) is 11.7. The second-order valence-electron chi connectivity index (χ2n) is 7.88. The van der Waals surface area contributed by atoms with Crippen molar-refractivity contribution in [1.82, 2.24) is 14.8 Å². The Hall–Kier alpha value is -2.68. The minimum absolute atomic E-state index is 0.121. The van der Waals surface area contributed by atoms with Gasteiger partial charge in [0.15, 0.2) is 5.76 Å². The molecule has 2 aromatic heterocycles. The van der Waals surface area contributed by atoms with E-state index in [0.29, 0.717) is 25.5 Å². The molecule has 1 aromatic carbocycles. The number of furan rings is 1. The molecule has 0 bridgehead atoms. The number of aryl methyl sites for hydroxylation is 1. The molecule has 1 aliphatic rings. The number of rotatable bonds is 9. The lowest BCUT2D eigenvalue weighted by atomic mass is 10.1. The van der Waals surface area contributed by atoms with Gasteiger partial charge in [0, 0.05) is 31.6 Å². The maximum absolute atomic E-state index is 13.0. The quantitative estimate of drug-likeness (QED) is 0.487. The molecule has 0 saturated carbocycles. The minimum atomic E-state index is -0.121. The molecule has 1 aliphatic heterocycles. The lowest BCUT2D eigenvalue weighted by Gasteiger charge is -2.29. The highest BCUT2D eigenvalue weighted by Gasteiger charge is 2.21. The molecule has 0 spiro atoms. The summed E-state index contributed by atoms with van der Waals surface area (Å²) in [4.78, 5) is 21.8. The van der Waals surface area contributed by atoms with Crippen molar-refractivity contribution in [2.75, 3.05) is 39.4 Å². The molecule has 4 rings (SSSR count). The molecule has 3 heterocycles. The molecule has 170 valence electrons. The van der Waals surface area contributed by atoms with Crippen LogP contribution in [0, 0.1) is 13.8 Å². The van der Waals surface area contributed by atoms with Gasteiger partial charge in [-0.15, -0.1) is 11.3 Å². The first kappa shape index (κ1) is 22.5. The molecular weight excluding hydrogens is 426 g/mol. The van der Waals surface area contributed by atoms with Crippen LogP contribution in [0.15, 0.2) is 46.4 Å². The van der Waals surface area contributed by atoms with E-state index in [1.165, 1.54) is 11.8 Å². The van der Waals surface area contributed by atoms with Crippen LogP contribution in [0.4, 0.5) is 0 Å². The summed E-state index contributed by atoms with van der Waals surface area (Å²) in [5.74, 6) is 1.10. The van der Waals surface area contributed by atoms with Gasteiger partial charge in [-0.2, -0.15) is 0 Å². The minimum Gasteiger partial charge on any atom is -0.486 e. The van der Waals surface area contributed by atoms with E-state index in [0.717, 1.165) is 54.9 Å². The van der Waals surface area contributed by atoms with E-state index in [4.69, 9.17) is 18.9 Å². The van der Waals surface area contributed by atoms with Crippen molar-refractivity contribution in [1.29, 1.82) is 0 Å². The number of carbonyl (C=O) groups excluding carboxylic acids is 1. The van der Waals surface area contributed by atoms with Gasteiger partial charge < -0.3 is 18.8 Å². The number of benzene rings is 1. The molecule has 0 unspecified atom stereocenters. The highest BCUT2D eigenvalue weighted by atomic mass is 32.1. The number of aromatic nitrogens is 1. The molecule has 8 heteroatoms. The van der Waals surface area contributed by atoms with Crippen LogP contribution in [0.3, 0.4) is 0 Å². The molecular formula is C24H29N3O4S. The van der Waals surface area contributed by atoms with Crippen LogP contribution in [-0.2, 0) is 17.9 Å². The summed E-state index contributed by atoms with van der Waals surface area (Å²) >= 11 is 1.55. The average Bonchev–Trinajstić information content (AvgIpc) is 3.50. The lowest BCUT2D eigenvalue weighted by molar-refractivity contribution is 0.0315. The Morgan fingerprint density at radius 2 is 2.06 bits per heavy atom. The van der Waals surface area contributed by atoms with Crippen molar-refractivity contribution in [2.45, 2.75) is 27.0 Å². The molecule has 0 atom stereocenters. The van der Waals surface area contributed by atoms with Gasteiger partial charge >= 0.3 is 0 Å². The Labute approximate surface area is 192 Å². The van der Waals surface area contributed by atoms with Gasteiger partial charge in [-0.3, -0.25) is 9.69 Å². The Kier molecular flexibility index (Phi) is 7.57. The number of morpholine rings is 1. The fraction of sp³-hybridized carbons (Fsp3) is 0.417. The summed E-state index contributed by atoms with van der Waals surface area (Å²) in [7, 11) is 0. The number of nitrogens with zero attached hydrogens (tertiary/aromatic N) is 3. The number of thiazole rings is 1. The maximum atomic E-state index is 13.0. The molecule has 0 aliphatic carbocycles. The zero-order valence-electron chi connectivity index (χ0n) is 18.6. The summed E-state index contributed by atoms with van der Waals surface area (Å²) < 4.78 is 16.8. The predicted octanol–water partition coefficient (Wildman–Crippen LogP) is 3.91. The van der Waals surface area contributed by atoms with Crippen molar-refractivity contribution in [2.24, 2.45) is 0 Å². The number of hydrogen-bond acceptors (Lipinski definition) is 7. The van der Waals surface area contributed by atoms with Crippen LogP contribution in [0.1, 0.15) is 32.4 Å². The molecule has 0 radical (unpaired) electrons. The third-order valence-corrected chi connectivity index (χ3v) is 6.54. The zero-order chi connectivity index (χ0) is 22.3. The monoisotopic (exact) mass is 455 g/mol. The standard InChI is InChI=1S/C24H29N3O4S/c1-18-5-3-6-21(19(18)2)31-16-23-25-20(17-32-23)15-27(24(28)22-7-4-12-30-22)9-8-26-10-13-29-14-11-26/h3-7,12,17H,8-11,13-16H2,1-2H3. The lowest BCUT2D eigenvalue weighted by Crippen LogP contribution is -2.42. The van der Waals surface area contributed by atoms with E-state index in [9.17, 15) is 4.79 Å². The highest BCUT2D eigenvalue weighted by molar-refractivity contribution is 7.09. The number of amides is 1. The Bertz CT molecular complexity index is 1010. The van der Waals surface area contributed by atoms with Crippen LogP contribution in [0.25, 0.3) is 0 Å². The summed E-state index contributed by atoms with van der Waals surface area (Å²) in [6.07, 6.45) is 1.53. The largest absolute Gasteiger partial charge is 0.486 e. The molecule has 32 heavy (non-hydrogen) atoms. The fourth-order valence-corrected chi connectivity index (χ4v) is 4.30. The topological polar surface area (TPSA) is 68.0 Å². The average molecular weight is 456 g/mol. The summed E-state index contributed by atoms with van der Waals surface area (Å²) in [6, 6.07) is 9.49. The summed E-state index contributed by atoms with van der Waals surface area (Å²) in [5.41, 5.74) is 3.20. The Balaban J connectivity index is 1.39. The van der Waals surface area contributed by atoms with Gasteiger partial charge in [0.1, 0.15) is 17.4 Å². The van der Waals surface area contributed by atoms with Gasteiger partial charge in [-0.25, -0.2) is 4.98 Å². The molecule has 7 nitrogen and oxygen atoms in total. The molecule has 3 aromatic rings. The van der Waals surface area contributed by atoms with Crippen LogP contribution >= 0.6 is 11.3 Å². The smallest absolute Gasteiger partial charge is 0.289 e. The van der Waals surface area contributed by atoms with Crippen LogP contribution in [-0.4, -0.2) is 60.1 Å². The third-order valence-electron chi connectivity index (χ3n) is 5.67. The highest BCUT2D eigenvalue weighted by Crippen LogP contribution is 2.23. The SMILES string of the molecule is Cc1cccc(OCc2nc(CN(CCN3CCOCC3)C(=O)c3ccco3)cs2)c1C. The second kappa shape index (κ2) is 10.8. The van der Waals surface area contributed by atoms with E-state index in [1.54, 1.807) is 28.4 Å². The normalized spacial score (nSPS) is 14.4. The van der Waals surface area contributed by atoms with E-state index >= 15 is 0 Å². The maximum Gasteiger partial charge on any atom is 0.289 e. The molecule has 1 amide bonds. The van der Waals surface area contributed by atoms with Crippen molar-refractivity contribution in [3.8, 4) is 5.75 Å². The van der Waals surface area contributed by atoms with Crippen LogP contribution in [0.5, 0.6) is 5.75 Å². The summed E-state index contributed by atoms with van der Waals surface area (Å²) in [5, 5.41) is 2.89. The van der Waals surface area contributed by atoms with Crippen LogP contribution < -0.4 is 4.74 Å². The van der Waals surface area contributed by atoms with E-state index < -0.39 is 0 Å². The zero-order valence-corrected chi connectivity index (χ0v) is 19.4. The fourth-order valence-electron chi connectivity index (χ4n) is 3.60. The number of carbonyl (C=O) groups is 1. The molecule has 0 N–H and O–H groups in total. The van der Waals surface area contributed by atoms with E-state index in [-0.39, 0.29) is 5.91 Å². The van der Waals surface area contributed by atoms with Crippen molar-refractivity contribution in [3.63, 3.8) is 0 Å². The molecule has 1 fully saturated rings. The van der Waals surface area contributed by atoms with Gasteiger partial charge in [-0.05, 0) is 43.2 Å². The van der Waals surface area contributed by atoms with Crippen molar-refractivity contribution < 1.29 is 18.7 Å². The van der Waals surface area contributed by atoms with Crippen molar-refractivity contribution in [3.05, 3.63) is 69.6 Å². The Morgan fingerprint density at radius 1 is 1.22 bits per heavy atom. The number of ether oxygens (including phenoxy) is 2. The van der Waals surface area contributed by atoms with E-state index in [1.807, 2.05) is 17.5 Å². The first-order chi connectivity index (χ1) is 15.6.